The van der Waals surface area contributed by atoms with E-state index in [2.05, 4.69) is 5.32 Å². The first-order valence-electron chi connectivity index (χ1n) is 5.21. The molecule has 1 rings (SSSR count). The molecule has 0 saturated heterocycles. The van der Waals surface area contributed by atoms with Gasteiger partial charge >= 0.3 is 0 Å². The van der Waals surface area contributed by atoms with E-state index < -0.39 is 0 Å². The van der Waals surface area contributed by atoms with Gasteiger partial charge in [0, 0.05) is 26.3 Å². The van der Waals surface area contributed by atoms with Gasteiger partial charge in [-0.25, -0.2) is 0 Å². The molecule has 0 aromatic rings. The van der Waals surface area contributed by atoms with E-state index in [1.165, 1.54) is 25.7 Å². The Balaban J connectivity index is 2.19. The van der Waals surface area contributed by atoms with Crippen molar-refractivity contribution in [3.05, 3.63) is 0 Å². The van der Waals surface area contributed by atoms with Crippen LogP contribution >= 0.6 is 0 Å². The standard InChI is InChI=1S/C10H21NO2/c1-13-7-6-11-10-5-3-2-4-9(10)8-12/h9-12H,2-8H2,1H3. The number of ether oxygens (including phenoxy) is 1. The lowest BCUT2D eigenvalue weighted by atomic mass is 9.85. The molecule has 0 aliphatic heterocycles. The SMILES string of the molecule is COCCNC1CCCCC1CO. The number of nitrogens with one attached hydrogen (secondary N) is 1. The molecule has 0 bridgehead atoms. The molecule has 0 heterocycles. The molecule has 0 amide bonds. The van der Waals surface area contributed by atoms with E-state index in [9.17, 15) is 0 Å². The Morgan fingerprint density at radius 1 is 1.38 bits per heavy atom. The molecule has 3 heteroatoms. The summed E-state index contributed by atoms with van der Waals surface area (Å²) in [6, 6.07) is 0.508. The minimum absolute atomic E-state index is 0.324. The van der Waals surface area contributed by atoms with Crippen molar-refractivity contribution >= 4 is 0 Å². The first-order chi connectivity index (χ1) is 6.38. The molecule has 0 spiro atoms. The number of aliphatic hydroxyl groups excluding tert-OH is 1. The van der Waals surface area contributed by atoms with Crippen LogP contribution in [0.2, 0.25) is 0 Å². The maximum atomic E-state index is 9.15. The number of methoxy groups -OCH3 is 1. The van der Waals surface area contributed by atoms with Crippen LogP contribution in [0.1, 0.15) is 25.7 Å². The van der Waals surface area contributed by atoms with Crippen LogP contribution in [0.3, 0.4) is 0 Å². The van der Waals surface area contributed by atoms with Crippen molar-refractivity contribution < 1.29 is 9.84 Å². The van der Waals surface area contributed by atoms with Gasteiger partial charge < -0.3 is 15.2 Å². The van der Waals surface area contributed by atoms with Gasteiger partial charge in [-0.05, 0) is 18.8 Å². The zero-order valence-electron chi connectivity index (χ0n) is 8.46. The van der Waals surface area contributed by atoms with Gasteiger partial charge in [0.2, 0.25) is 0 Å². The summed E-state index contributed by atoms with van der Waals surface area (Å²) in [7, 11) is 1.71. The second-order valence-corrected chi connectivity index (χ2v) is 3.78. The summed E-state index contributed by atoms with van der Waals surface area (Å²) in [6.07, 6.45) is 4.94. The van der Waals surface area contributed by atoms with Crippen molar-refractivity contribution in [1.82, 2.24) is 5.32 Å². The van der Waals surface area contributed by atoms with Crippen LogP contribution in [0, 0.1) is 5.92 Å². The maximum absolute atomic E-state index is 9.15. The van der Waals surface area contributed by atoms with Crippen LogP contribution in [0.15, 0.2) is 0 Å². The van der Waals surface area contributed by atoms with Crippen molar-refractivity contribution in [2.24, 2.45) is 5.92 Å². The molecule has 2 unspecified atom stereocenters. The van der Waals surface area contributed by atoms with Crippen molar-refractivity contribution in [1.29, 1.82) is 0 Å². The molecule has 0 aromatic heterocycles. The van der Waals surface area contributed by atoms with Crippen molar-refractivity contribution in [3.63, 3.8) is 0 Å². The van der Waals surface area contributed by atoms with E-state index in [0.29, 0.717) is 18.6 Å². The molecule has 0 radical (unpaired) electrons. The predicted molar refractivity (Wildman–Crippen MR) is 52.7 cm³/mol. The van der Waals surface area contributed by atoms with Gasteiger partial charge in [-0.15, -0.1) is 0 Å². The Kier molecular flexibility index (Phi) is 5.35. The van der Waals surface area contributed by atoms with E-state index in [1.807, 2.05) is 0 Å². The zero-order valence-corrected chi connectivity index (χ0v) is 8.46. The van der Waals surface area contributed by atoms with Crippen LogP contribution in [0.25, 0.3) is 0 Å². The quantitative estimate of drug-likeness (QED) is 0.625. The third-order valence-corrected chi connectivity index (χ3v) is 2.86. The minimum Gasteiger partial charge on any atom is -0.396 e. The average molecular weight is 187 g/mol. The third-order valence-electron chi connectivity index (χ3n) is 2.86. The Morgan fingerprint density at radius 2 is 2.15 bits per heavy atom. The highest BCUT2D eigenvalue weighted by molar-refractivity contribution is 4.80. The van der Waals surface area contributed by atoms with Crippen LogP contribution in [0.5, 0.6) is 0 Å². The summed E-state index contributed by atoms with van der Waals surface area (Å²) in [5.41, 5.74) is 0. The summed E-state index contributed by atoms with van der Waals surface area (Å²) in [4.78, 5) is 0. The Morgan fingerprint density at radius 3 is 2.85 bits per heavy atom. The monoisotopic (exact) mass is 187 g/mol. The predicted octanol–water partition coefficient (Wildman–Crippen LogP) is 0.773. The number of hydrogen-bond donors (Lipinski definition) is 2. The lowest BCUT2D eigenvalue weighted by molar-refractivity contribution is 0.140. The first kappa shape index (κ1) is 11.0. The molecule has 1 fully saturated rings. The first-order valence-corrected chi connectivity index (χ1v) is 5.21. The summed E-state index contributed by atoms with van der Waals surface area (Å²) >= 11 is 0. The Hall–Kier alpha value is -0.120. The molecule has 1 aliphatic carbocycles. The van der Waals surface area contributed by atoms with Crippen LogP contribution < -0.4 is 5.32 Å². The van der Waals surface area contributed by atoms with Crippen LogP contribution in [-0.2, 0) is 4.74 Å². The van der Waals surface area contributed by atoms with Gasteiger partial charge in [-0.1, -0.05) is 12.8 Å². The lowest BCUT2D eigenvalue weighted by Gasteiger charge is -2.30. The highest BCUT2D eigenvalue weighted by Crippen LogP contribution is 2.23. The molecule has 2 atom stereocenters. The van der Waals surface area contributed by atoms with E-state index in [-0.39, 0.29) is 0 Å². The van der Waals surface area contributed by atoms with E-state index in [4.69, 9.17) is 9.84 Å². The summed E-state index contributed by atoms with van der Waals surface area (Å²) in [5.74, 6) is 0.464. The summed E-state index contributed by atoms with van der Waals surface area (Å²) in [5, 5.41) is 12.6. The minimum atomic E-state index is 0.324. The molecule has 13 heavy (non-hydrogen) atoms. The maximum Gasteiger partial charge on any atom is 0.0587 e. The Bertz CT molecular complexity index is 130. The highest BCUT2D eigenvalue weighted by Gasteiger charge is 2.23. The molecule has 0 aromatic carbocycles. The largest absolute Gasteiger partial charge is 0.396 e. The van der Waals surface area contributed by atoms with Gasteiger partial charge in [-0.3, -0.25) is 0 Å². The number of aliphatic hydroxyl groups is 1. The molecule has 78 valence electrons. The average Bonchev–Trinajstić information content (AvgIpc) is 2.19. The van der Waals surface area contributed by atoms with E-state index in [0.717, 1.165) is 13.2 Å². The number of rotatable bonds is 5. The summed E-state index contributed by atoms with van der Waals surface area (Å²) < 4.78 is 4.98. The number of hydrogen-bond acceptors (Lipinski definition) is 3. The lowest BCUT2D eigenvalue weighted by Crippen LogP contribution is -2.41. The molecular formula is C10H21NO2. The molecule has 2 N–H and O–H groups in total. The molecule has 1 saturated carbocycles. The highest BCUT2D eigenvalue weighted by atomic mass is 16.5. The van der Waals surface area contributed by atoms with Crippen molar-refractivity contribution in [2.45, 2.75) is 31.7 Å². The van der Waals surface area contributed by atoms with Gasteiger partial charge in [0.05, 0.1) is 6.61 Å². The van der Waals surface area contributed by atoms with Crippen LogP contribution in [-0.4, -0.2) is 38.0 Å². The second kappa shape index (κ2) is 6.35. The fourth-order valence-electron chi connectivity index (χ4n) is 2.04. The Labute approximate surface area is 80.5 Å². The second-order valence-electron chi connectivity index (χ2n) is 3.78. The fraction of sp³-hybridized carbons (Fsp3) is 1.00. The molecule has 3 nitrogen and oxygen atoms in total. The van der Waals surface area contributed by atoms with Gasteiger partial charge in [0.25, 0.3) is 0 Å². The molecular weight excluding hydrogens is 166 g/mol. The molecule has 1 aliphatic rings. The van der Waals surface area contributed by atoms with Gasteiger partial charge in [0.1, 0.15) is 0 Å². The zero-order chi connectivity index (χ0) is 9.52. The van der Waals surface area contributed by atoms with Gasteiger partial charge in [-0.2, -0.15) is 0 Å². The fourth-order valence-corrected chi connectivity index (χ4v) is 2.04. The van der Waals surface area contributed by atoms with Crippen LogP contribution in [0.4, 0.5) is 0 Å². The topological polar surface area (TPSA) is 41.5 Å². The van der Waals surface area contributed by atoms with Crippen molar-refractivity contribution in [3.8, 4) is 0 Å². The summed E-state index contributed by atoms with van der Waals surface area (Å²) in [6.45, 7) is 1.98. The van der Waals surface area contributed by atoms with E-state index in [1.54, 1.807) is 7.11 Å². The smallest absolute Gasteiger partial charge is 0.0587 e. The van der Waals surface area contributed by atoms with Crippen molar-refractivity contribution in [2.75, 3.05) is 26.9 Å². The normalized spacial score (nSPS) is 29.1. The third kappa shape index (κ3) is 3.63. The van der Waals surface area contributed by atoms with Gasteiger partial charge in [0.15, 0.2) is 0 Å². The van der Waals surface area contributed by atoms with E-state index >= 15 is 0 Å².